The third-order valence-corrected chi connectivity index (χ3v) is 4.45. The van der Waals surface area contributed by atoms with Crippen LogP contribution in [0.1, 0.15) is 40.5 Å². The summed E-state index contributed by atoms with van der Waals surface area (Å²) in [6.07, 6.45) is 1.88. The summed E-state index contributed by atoms with van der Waals surface area (Å²) in [5.41, 5.74) is 1.22. The molecule has 0 aliphatic carbocycles. The number of anilines is 1. The van der Waals surface area contributed by atoms with Gasteiger partial charge in [-0.3, -0.25) is 10.1 Å². The second-order valence-electron chi connectivity index (χ2n) is 6.71. The molecule has 0 spiro atoms. The minimum atomic E-state index is -0.497. The Bertz CT molecular complexity index is 909. The van der Waals surface area contributed by atoms with E-state index in [1.54, 1.807) is 31.2 Å². The fourth-order valence-corrected chi connectivity index (χ4v) is 2.94. The van der Waals surface area contributed by atoms with Crippen molar-refractivity contribution in [1.29, 1.82) is 0 Å². The van der Waals surface area contributed by atoms with Gasteiger partial charge in [0.25, 0.3) is 5.91 Å². The van der Waals surface area contributed by atoms with Gasteiger partial charge in [-0.05, 0) is 62.2 Å². The molecule has 0 bridgehead atoms. The summed E-state index contributed by atoms with van der Waals surface area (Å²) in [4.78, 5) is 28.7. The lowest BCUT2D eigenvalue weighted by Crippen LogP contribution is -2.36. The van der Waals surface area contributed by atoms with Crippen LogP contribution < -0.4 is 10.6 Å². The summed E-state index contributed by atoms with van der Waals surface area (Å²) in [7, 11) is 0. The first kappa shape index (κ1) is 21.4. The standard InChI is InChI=1S/C22H24FN3O4/c1-2-29-21(28)15-8-10-18(11-9-15)25-22(24-14-19-7-4-12-30-19)26-20(27)16-5-3-6-17(23)13-16/h3,5-6,8-11,13,19H,2,4,7,12,14H2,1H3,(H2,24,25,26,27)/t19-/m0/s1. The van der Waals surface area contributed by atoms with Crippen molar-refractivity contribution in [3.63, 3.8) is 0 Å². The average Bonchev–Trinajstić information content (AvgIpc) is 3.26. The van der Waals surface area contributed by atoms with Crippen molar-refractivity contribution in [2.45, 2.75) is 25.9 Å². The Morgan fingerprint density at radius 3 is 2.67 bits per heavy atom. The first-order valence-electron chi connectivity index (χ1n) is 9.82. The molecule has 0 radical (unpaired) electrons. The fraction of sp³-hybridized carbons (Fsp3) is 0.318. The lowest BCUT2D eigenvalue weighted by Gasteiger charge is -2.14. The number of halogens is 1. The van der Waals surface area contributed by atoms with Gasteiger partial charge in [-0.1, -0.05) is 6.07 Å². The van der Waals surface area contributed by atoms with Crippen LogP contribution in [-0.2, 0) is 9.47 Å². The third-order valence-electron chi connectivity index (χ3n) is 4.45. The van der Waals surface area contributed by atoms with E-state index < -0.39 is 17.7 Å². The molecule has 8 heteroatoms. The summed E-state index contributed by atoms with van der Waals surface area (Å²) in [5.74, 6) is -1.18. The molecule has 1 amide bonds. The Balaban J connectivity index is 1.72. The molecule has 158 valence electrons. The van der Waals surface area contributed by atoms with Crippen molar-refractivity contribution in [1.82, 2.24) is 5.32 Å². The van der Waals surface area contributed by atoms with E-state index in [1.165, 1.54) is 18.2 Å². The molecule has 0 aromatic heterocycles. The fourth-order valence-electron chi connectivity index (χ4n) is 2.94. The topological polar surface area (TPSA) is 89.0 Å². The molecule has 1 fully saturated rings. The van der Waals surface area contributed by atoms with Crippen LogP contribution in [0.2, 0.25) is 0 Å². The van der Waals surface area contributed by atoms with Gasteiger partial charge in [-0.25, -0.2) is 14.2 Å². The highest BCUT2D eigenvalue weighted by Gasteiger charge is 2.16. The van der Waals surface area contributed by atoms with Crippen LogP contribution in [0.3, 0.4) is 0 Å². The zero-order chi connectivity index (χ0) is 21.3. The quantitative estimate of drug-likeness (QED) is 0.431. The second-order valence-corrected chi connectivity index (χ2v) is 6.71. The van der Waals surface area contributed by atoms with Gasteiger partial charge >= 0.3 is 5.97 Å². The number of hydrogen-bond donors (Lipinski definition) is 2. The molecule has 3 rings (SSSR count). The molecule has 2 aromatic rings. The summed E-state index contributed by atoms with van der Waals surface area (Å²) >= 11 is 0. The summed E-state index contributed by atoms with van der Waals surface area (Å²) in [6.45, 7) is 3.12. The van der Waals surface area contributed by atoms with E-state index in [0.717, 1.165) is 18.9 Å². The number of esters is 1. The molecule has 1 heterocycles. The number of aliphatic imine (C=N–C) groups is 1. The van der Waals surface area contributed by atoms with Crippen molar-refractivity contribution >= 4 is 23.5 Å². The number of nitrogens with zero attached hydrogens (tertiary/aromatic N) is 1. The number of carbonyl (C=O) groups is 2. The summed E-state index contributed by atoms with van der Waals surface area (Å²) in [6, 6.07) is 12.0. The van der Waals surface area contributed by atoms with Gasteiger partial charge in [0.15, 0.2) is 0 Å². The van der Waals surface area contributed by atoms with Crippen molar-refractivity contribution in [3.8, 4) is 0 Å². The highest BCUT2D eigenvalue weighted by molar-refractivity contribution is 6.10. The number of hydrogen-bond acceptors (Lipinski definition) is 5. The molecular weight excluding hydrogens is 389 g/mol. The van der Waals surface area contributed by atoms with Crippen molar-refractivity contribution < 1.29 is 23.5 Å². The molecule has 1 aliphatic rings. The van der Waals surface area contributed by atoms with E-state index in [2.05, 4.69) is 15.6 Å². The summed E-state index contributed by atoms with van der Waals surface area (Å²) < 4.78 is 24.0. The Morgan fingerprint density at radius 2 is 2.00 bits per heavy atom. The van der Waals surface area contributed by atoms with Crippen molar-refractivity contribution in [2.75, 3.05) is 25.1 Å². The molecule has 1 aliphatic heterocycles. The van der Waals surface area contributed by atoms with Gasteiger partial charge < -0.3 is 14.8 Å². The number of nitrogens with one attached hydrogen (secondary N) is 2. The first-order valence-corrected chi connectivity index (χ1v) is 9.82. The van der Waals surface area contributed by atoms with Gasteiger partial charge in [-0.15, -0.1) is 0 Å². The normalized spacial score (nSPS) is 16.2. The van der Waals surface area contributed by atoms with Gasteiger partial charge in [0.2, 0.25) is 5.96 Å². The van der Waals surface area contributed by atoms with Crippen molar-refractivity contribution in [2.24, 2.45) is 4.99 Å². The Morgan fingerprint density at radius 1 is 1.20 bits per heavy atom. The molecule has 0 saturated carbocycles. The van der Waals surface area contributed by atoms with Crippen LogP contribution in [-0.4, -0.2) is 43.7 Å². The van der Waals surface area contributed by atoms with Crippen LogP contribution in [0.25, 0.3) is 0 Å². The molecule has 7 nitrogen and oxygen atoms in total. The van der Waals surface area contributed by atoms with Crippen LogP contribution in [0, 0.1) is 5.82 Å². The average molecular weight is 413 g/mol. The van der Waals surface area contributed by atoms with E-state index in [-0.39, 0.29) is 17.6 Å². The highest BCUT2D eigenvalue weighted by Crippen LogP contribution is 2.13. The minimum absolute atomic E-state index is 0.000869. The maximum absolute atomic E-state index is 13.4. The van der Waals surface area contributed by atoms with Crippen LogP contribution in [0.15, 0.2) is 53.5 Å². The Kier molecular flexibility index (Phi) is 7.51. The molecule has 30 heavy (non-hydrogen) atoms. The van der Waals surface area contributed by atoms with Gasteiger partial charge in [0, 0.05) is 17.9 Å². The largest absolute Gasteiger partial charge is 0.462 e. The van der Waals surface area contributed by atoms with Crippen molar-refractivity contribution in [3.05, 3.63) is 65.5 Å². The number of guanidine groups is 1. The molecule has 1 atom stereocenters. The minimum Gasteiger partial charge on any atom is -0.462 e. The smallest absolute Gasteiger partial charge is 0.338 e. The van der Waals surface area contributed by atoms with Crippen LogP contribution in [0.4, 0.5) is 10.1 Å². The second kappa shape index (κ2) is 10.5. The van der Waals surface area contributed by atoms with Crippen LogP contribution in [0.5, 0.6) is 0 Å². The maximum atomic E-state index is 13.4. The molecule has 0 unspecified atom stereocenters. The van der Waals surface area contributed by atoms with E-state index in [9.17, 15) is 14.0 Å². The number of ether oxygens (including phenoxy) is 2. The monoisotopic (exact) mass is 413 g/mol. The SMILES string of the molecule is CCOC(=O)c1ccc(NC(=NC[C@@H]2CCCO2)NC(=O)c2cccc(F)c2)cc1. The Hall–Kier alpha value is -3.26. The number of amides is 1. The Labute approximate surface area is 174 Å². The van der Waals surface area contributed by atoms with Gasteiger partial charge in [-0.2, -0.15) is 0 Å². The zero-order valence-electron chi connectivity index (χ0n) is 16.7. The van der Waals surface area contributed by atoms with E-state index in [1.807, 2.05) is 0 Å². The predicted molar refractivity (Wildman–Crippen MR) is 111 cm³/mol. The van der Waals surface area contributed by atoms with E-state index in [0.29, 0.717) is 31.0 Å². The highest BCUT2D eigenvalue weighted by atomic mass is 19.1. The molecular formula is C22H24FN3O4. The first-order chi connectivity index (χ1) is 14.5. The van der Waals surface area contributed by atoms with Gasteiger partial charge in [0.1, 0.15) is 5.82 Å². The zero-order valence-corrected chi connectivity index (χ0v) is 16.7. The number of benzene rings is 2. The molecule has 2 N–H and O–H groups in total. The molecule has 1 saturated heterocycles. The summed E-state index contributed by atoms with van der Waals surface area (Å²) in [5, 5.41) is 5.71. The maximum Gasteiger partial charge on any atom is 0.338 e. The number of carbonyl (C=O) groups excluding carboxylic acids is 2. The number of rotatable bonds is 6. The van der Waals surface area contributed by atoms with E-state index >= 15 is 0 Å². The molecule has 2 aromatic carbocycles. The predicted octanol–water partition coefficient (Wildman–Crippen LogP) is 3.38. The lowest BCUT2D eigenvalue weighted by molar-refractivity contribution is 0.0526. The van der Waals surface area contributed by atoms with Gasteiger partial charge in [0.05, 0.1) is 24.8 Å². The van der Waals surface area contributed by atoms with Crippen LogP contribution >= 0.6 is 0 Å². The lowest BCUT2D eigenvalue weighted by atomic mass is 10.2. The third kappa shape index (κ3) is 6.12. The van der Waals surface area contributed by atoms with E-state index in [4.69, 9.17) is 9.47 Å².